The summed E-state index contributed by atoms with van der Waals surface area (Å²) in [6.45, 7) is 1.66. The van der Waals surface area contributed by atoms with Crippen molar-refractivity contribution in [1.29, 1.82) is 0 Å². The molecule has 1 fully saturated rings. The Morgan fingerprint density at radius 1 is 0.933 bits per heavy atom. The van der Waals surface area contributed by atoms with E-state index in [4.69, 9.17) is 4.74 Å². The Balaban J connectivity index is 1.52. The molecular weight excluding hydrogens is 494 g/mol. The maximum Gasteiger partial charge on any atom is 0.240 e. The van der Waals surface area contributed by atoms with Gasteiger partial charge >= 0.3 is 0 Å². The quantitative estimate of drug-likeness (QED) is 0.574. The van der Waals surface area contributed by atoms with Crippen LogP contribution in [-0.2, 0) is 20.0 Å². The van der Waals surface area contributed by atoms with Gasteiger partial charge in [0.1, 0.15) is 5.75 Å². The van der Waals surface area contributed by atoms with E-state index in [2.05, 4.69) is 25.6 Å². The molecule has 2 aromatic rings. The Labute approximate surface area is 186 Å². The average Bonchev–Trinajstić information content (AvgIpc) is 2.74. The number of nitrogens with zero attached hydrogens (tertiary/aromatic N) is 2. The molecule has 0 unspecified atom stereocenters. The molecule has 0 atom stereocenters. The van der Waals surface area contributed by atoms with Gasteiger partial charge in [-0.1, -0.05) is 15.9 Å². The molecule has 0 saturated carbocycles. The van der Waals surface area contributed by atoms with Crippen molar-refractivity contribution in [3.05, 3.63) is 53.0 Å². The van der Waals surface area contributed by atoms with Crippen molar-refractivity contribution in [2.75, 3.05) is 50.5 Å². The molecule has 1 aliphatic heterocycles. The van der Waals surface area contributed by atoms with E-state index in [1.54, 1.807) is 19.2 Å². The number of ether oxygens (including phenoxy) is 1. The van der Waals surface area contributed by atoms with Crippen molar-refractivity contribution in [3.8, 4) is 5.75 Å². The molecule has 0 radical (unpaired) electrons. The molecule has 164 valence electrons. The fraction of sp³-hybridized carbons (Fsp3) is 0.368. The fourth-order valence-corrected chi connectivity index (χ4v) is 5.91. The third kappa shape index (κ3) is 5.73. The summed E-state index contributed by atoms with van der Waals surface area (Å²) in [7, 11) is -5.70. The molecule has 0 aromatic heterocycles. The predicted octanol–water partition coefficient (Wildman–Crippen LogP) is 1.89. The molecule has 3 rings (SSSR count). The van der Waals surface area contributed by atoms with Gasteiger partial charge in [-0.2, -0.15) is 4.31 Å². The molecular formula is C19H24BrN3O5S2. The number of benzene rings is 2. The average molecular weight is 518 g/mol. The predicted molar refractivity (Wildman–Crippen MR) is 120 cm³/mol. The lowest BCUT2D eigenvalue weighted by Crippen LogP contribution is -2.50. The number of piperazine rings is 1. The van der Waals surface area contributed by atoms with E-state index in [1.165, 1.54) is 16.4 Å². The maximum atomic E-state index is 12.6. The molecule has 2 aromatic carbocycles. The van der Waals surface area contributed by atoms with Crippen LogP contribution in [0.25, 0.3) is 0 Å². The number of rotatable bonds is 8. The van der Waals surface area contributed by atoms with Crippen LogP contribution in [0.1, 0.15) is 0 Å². The highest BCUT2D eigenvalue weighted by molar-refractivity contribution is 9.10. The van der Waals surface area contributed by atoms with Crippen LogP contribution in [-0.4, -0.2) is 66.7 Å². The van der Waals surface area contributed by atoms with Crippen molar-refractivity contribution in [3.63, 3.8) is 0 Å². The highest BCUT2D eigenvalue weighted by Crippen LogP contribution is 2.21. The number of anilines is 1. The van der Waals surface area contributed by atoms with Crippen LogP contribution < -0.4 is 14.4 Å². The van der Waals surface area contributed by atoms with Gasteiger partial charge in [-0.3, -0.25) is 0 Å². The zero-order valence-electron chi connectivity index (χ0n) is 16.5. The lowest BCUT2D eigenvalue weighted by Gasteiger charge is -2.35. The van der Waals surface area contributed by atoms with E-state index in [0.717, 1.165) is 15.9 Å². The first-order chi connectivity index (χ1) is 14.2. The van der Waals surface area contributed by atoms with Crippen LogP contribution in [0.5, 0.6) is 5.75 Å². The van der Waals surface area contributed by atoms with Crippen LogP contribution in [0, 0.1) is 0 Å². The zero-order valence-corrected chi connectivity index (χ0v) is 19.7. The third-order valence-corrected chi connectivity index (χ3v) is 8.72. The second-order valence-electron chi connectivity index (χ2n) is 6.75. The van der Waals surface area contributed by atoms with Crippen molar-refractivity contribution in [2.45, 2.75) is 4.90 Å². The number of nitrogens with one attached hydrogen (secondary N) is 1. The van der Waals surface area contributed by atoms with Gasteiger partial charge in [-0.15, -0.1) is 0 Å². The molecule has 1 heterocycles. The second-order valence-corrected chi connectivity index (χ2v) is 11.5. The van der Waals surface area contributed by atoms with E-state index in [0.29, 0.717) is 26.2 Å². The molecule has 1 aliphatic rings. The van der Waals surface area contributed by atoms with Gasteiger partial charge in [0.25, 0.3) is 0 Å². The van der Waals surface area contributed by atoms with Crippen molar-refractivity contribution >= 4 is 41.7 Å². The Hall–Kier alpha value is -1.66. The molecule has 0 spiro atoms. The highest BCUT2D eigenvalue weighted by Gasteiger charge is 2.27. The monoisotopic (exact) mass is 517 g/mol. The van der Waals surface area contributed by atoms with Crippen molar-refractivity contribution in [2.24, 2.45) is 0 Å². The maximum absolute atomic E-state index is 12.6. The zero-order chi connectivity index (χ0) is 21.8. The lowest BCUT2D eigenvalue weighted by molar-refractivity contribution is 0.384. The number of halogens is 1. The lowest BCUT2D eigenvalue weighted by atomic mass is 10.2. The molecule has 1 N–H and O–H groups in total. The van der Waals surface area contributed by atoms with Gasteiger partial charge in [0.2, 0.25) is 20.0 Å². The summed E-state index contributed by atoms with van der Waals surface area (Å²) < 4.78 is 59.6. The van der Waals surface area contributed by atoms with E-state index in [9.17, 15) is 16.8 Å². The Bertz CT molecular complexity index is 1050. The second kappa shape index (κ2) is 9.65. The summed E-state index contributed by atoms with van der Waals surface area (Å²) in [5.74, 6) is 0.483. The van der Waals surface area contributed by atoms with Gasteiger partial charge < -0.3 is 9.64 Å². The van der Waals surface area contributed by atoms with E-state index < -0.39 is 20.0 Å². The molecule has 11 heteroatoms. The first-order valence-corrected chi connectivity index (χ1v) is 13.2. The van der Waals surface area contributed by atoms with Gasteiger partial charge in [0.05, 0.1) is 17.8 Å². The normalized spacial score (nSPS) is 15.9. The van der Waals surface area contributed by atoms with Crippen LogP contribution in [0.15, 0.2) is 57.9 Å². The summed E-state index contributed by atoms with van der Waals surface area (Å²) in [6, 6.07) is 13.8. The summed E-state index contributed by atoms with van der Waals surface area (Å²) in [4.78, 5) is 2.21. The summed E-state index contributed by atoms with van der Waals surface area (Å²) in [6.07, 6.45) is 0. The van der Waals surface area contributed by atoms with Crippen LogP contribution in [0.3, 0.4) is 0 Å². The van der Waals surface area contributed by atoms with Crippen LogP contribution in [0.4, 0.5) is 5.69 Å². The number of hydrogen-bond donors (Lipinski definition) is 1. The van der Waals surface area contributed by atoms with E-state index >= 15 is 0 Å². The molecule has 0 amide bonds. The SMILES string of the molecule is COc1ccc(N2CCN(S(=O)(=O)CCNS(=O)(=O)c3ccc(Br)cc3)CC2)cc1. The Kier molecular flexibility index (Phi) is 7.40. The van der Waals surface area contributed by atoms with E-state index in [-0.39, 0.29) is 17.2 Å². The van der Waals surface area contributed by atoms with Crippen molar-refractivity contribution in [1.82, 2.24) is 9.03 Å². The Morgan fingerprint density at radius 3 is 2.10 bits per heavy atom. The van der Waals surface area contributed by atoms with Crippen molar-refractivity contribution < 1.29 is 21.6 Å². The van der Waals surface area contributed by atoms with E-state index in [1.807, 2.05) is 24.3 Å². The first kappa shape index (κ1) is 23.0. The molecule has 8 nitrogen and oxygen atoms in total. The highest BCUT2D eigenvalue weighted by atomic mass is 79.9. The topological polar surface area (TPSA) is 96.0 Å². The van der Waals surface area contributed by atoms with Crippen LogP contribution >= 0.6 is 15.9 Å². The fourth-order valence-electron chi connectivity index (χ4n) is 3.15. The molecule has 1 saturated heterocycles. The summed E-state index contributed by atoms with van der Waals surface area (Å²) >= 11 is 3.25. The minimum Gasteiger partial charge on any atom is -0.497 e. The minimum atomic E-state index is -3.75. The largest absolute Gasteiger partial charge is 0.497 e. The molecule has 0 aliphatic carbocycles. The van der Waals surface area contributed by atoms with Crippen LogP contribution in [0.2, 0.25) is 0 Å². The first-order valence-electron chi connectivity index (χ1n) is 9.33. The van der Waals surface area contributed by atoms with Gasteiger partial charge in [0.15, 0.2) is 0 Å². The minimum absolute atomic E-state index is 0.0937. The number of sulfonamides is 2. The molecule has 30 heavy (non-hydrogen) atoms. The summed E-state index contributed by atoms with van der Waals surface area (Å²) in [5.41, 5.74) is 1.01. The van der Waals surface area contributed by atoms with Gasteiger partial charge in [-0.25, -0.2) is 21.6 Å². The third-order valence-electron chi connectivity index (χ3n) is 4.85. The standard InChI is InChI=1S/C19H24BrN3O5S2/c1-28-18-6-4-17(5-7-18)22-11-13-23(14-12-22)29(24,25)15-10-21-30(26,27)19-8-2-16(20)3-9-19/h2-9,21H,10-15H2,1H3. The number of methoxy groups -OCH3 is 1. The summed E-state index contributed by atoms with van der Waals surface area (Å²) in [5, 5.41) is 0. The smallest absolute Gasteiger partial charge is 0.240 e. The van der Waals surface area contributed by atoms with Gasteiger partial charge in [-0.05, 0) is 48.5 Å². The molecule has 0 bridgehead atoms. The number of hydrogen-bond acceptors (Lipinski definition) is 6. The van der Waals surface area contributed by atoms with Gasteiger partial charge in [0, 0.05) is 42.9 Å². The Morgan fingerprint density at radius 2 is 1.53 bits per heavy atom.